The monoisotopic (exact) mass is 256 g/mol. The molecule has 98 valence electrons. The Kier molecular flexibility index (Phi) is 2.51. The Morgan fingerprint density at radius 2 is 2.05 bits per heavy atom. The maximum absolute atomic E-state index is 12.1. The highest BCUT2D eigenvalue weighted by Gasteiger charge is 2.52. The first-order chi connectivity index (χ1) is 8.98. The fourth-order valence-electron chi connectivity index (χ4n) is 3.47. The summed E-state index contributed by atoms with van der Waals surface area (Å²) in [5.74, 6) is -0.153. The smallest absolute Gasteiger partial charge is 0.185 e. The molecule has 3 aliphatic rings. The van der Waals surface area contributed by atoms with E-state index in [4.69, 9.17) is 4.74 Å². The van der Waals surface area contributed by atoms with Crippen LogP contribution in [0.4, 0.5) is 0 Å². The van der Waals surface area contributed by atoms with Crippen LogP contribution >= 0.6 is 0 Å². The van der Waals surface area contributed by atoms with Gasteiger partial charge in [0, 0.05) is 17.1 Å². The molecule has 1 saturated heterocycles. The third-order valence-electron chi connectivity index (χ3n) is 4.48. The Balaban J connectivity index is 2.19. The molecule has 19 heavy (non-hydrogen) atoms. The Hall–Kier alpha value is -1.74. The maximum atomic E-state index is 12.1. The highest BCUT2D eigenvalue weighted by atomic mass is 16.5. The molecule has 3 nitrogen and oxygen atoms in total. The van der Waals surface area contributed by atoms with Crippen molar-refractivity contribution in [1.29, 1.82) is 0 Å². The van der Waals surface area contributed by atoms with E-state index in [2.05, 4.69) is 20.1 Å². The van der Waals surface area contributed by atoms with Gasteiger partial charge in [-0.05, 0) is 29.6 Å². The van der Waals surface area contributed by atoms with E-state index in [0.29, 0.717) is 24.2 Å². The molecule has 1 aliphatic heterocycles. The van der Waals surface area contributed by atoms with Crippen molar-refractivity contribution in [2.24, 2.45) is 11.3 Å². The topological polar surface area (TPSA) is 43.4 Å². The van der Waals surface area contributed by atoms with Gasteiger partial charge in [-0.3, -0.25) is 9.59 Å². The first-order valence-corrected chi connectivity index (χ1v) is 6.40. The van der Waals surface area contributed by atoms with Crippen molar-refractivity contribution < 1.29 is 14.3 Å². The predicted molar refractivity (Wildman–Crippen MR) is 71.5 cm³/mol. The summed E-state index contributed by atoms with van der Waals surface area (Å²) in [6.45, 7) is 10.5. The lowest BCUT2D eigenvalue weighted by atomic mass is 9.61. The molecule has 0 radical (unpaired) electrons. The second kappa shape index (κ2) is 3.87. The van der Waals surface area contributed by atoms with Crippen LogP contribution < -0.4 is 0 Å². The van der Waals surface area contributed by atoms with Crippen LogP contribution in [0.3, 0.4) is 0 Å². The molecule has 3 rings (SSSR count). The van der Waals surface area contributed by atoms with Gasteiger partial charge in [0.1, 0.15) is 0 Å². The van der Waals surface area contributed by atoms with Crippen LogP contribution in [0.25, 0.3) is 0 Å². The van der Waals surface area contributed by atoms with Crippen molar-refractivity contribution in [3.05, 3.63) is 48.1 Å². The van der Waals surface area contributed by atoms with Crippen molar-refractivity contribution in [3.63, 3.8) is 0 Å². The number of ketones is 2. The predicted octanol–water partition coefficient (Wildman–Crippen LogP) is 2.16. The van der Waals surface area contributed by atoms with Gasteiger partial charge in [0.25, 0.3) is 0 Å². The van der Waals surface area contributed by atoms with E-state index in [1.807, 2.05) is 6.08 Å². The molecule has 1 fully saturated rings. The third-order valence-corrected chi connectivity index (χ3v) is 4.48. The Morgan fingerprint density at radius 3 is 2.74 bits per heavy atom. The first kappa shape index (κ1) is 12.3. The Bertz CT molecular complexity index is 579. The summed E-state index contributed by atoms with van der Waals surface area (Å²) in [5.41, 5.74) is 1.83. The minimum atomic E-state index is -0.347. The van der Waals surface area contributed by atoms with Crippen molar-refractivity contribution in [2.75, 3.05) is 6.61 Å². The normalized spacial score (nSPS) is 37.4. The summed E-state index contributed by atoms with van der Waals surface area (Å²) < 4.78 is 5.74. The van der Waals surface area contributed by atoms with Gasteiger partial charge in [-0.2, -0.15) is 0 Å². The van der Waals surface area contributed by atoms with Crippen LogP contribution in [-0.4, -0.2) is 24.3 Å². The molecule has 0 amide bonds. The number of ether oxygens (including phenoxy) is 1. The van der Waals surface area contributed by atoms with Crippen molar-refractivity contribution in [3.8, 4) is 0 Å². The van der Waals surface area contributed by atoms with Crippen LogP contribution in [0.1, 0.15) is 13.3 Å². The molecular weight excluding hydrogens is 240 g/mol. The van der Waals surface area contributed by atoms with Crippen LogP contribution in [0, 0.1) is 11.3 Å². The summed E-state index contributed by atoms with van der Waals surface area (Å²) in [6.07, 6.45) is 4.75. The molecule has 0 bridgehead atoms. The minimum absolute atomic E-state index is 0.0343. The van der Waals surface area contributed by atoms with E-state index in [9.17, 15) is 9.59 Å². The van der Waals surface area contributed by atoms with Crippen molar-refractivity contribution in [2.45, 2.75) is 19.4 Å². The minimum Gasteiger partial charge on any atom is -0.368 e. The van der Waals surface area contributed by atoms with E-state index in [1.165, 1.54) is 12.2 Å². The standard InChI is InChI=1S/C16H16O3/c1-4-16(3)7-10-11(17)5-6-12(18)13(10)15-14(16)9(2)8-19-15/h4-6,14-15H,1-2,7-8H2,3H3. The zero-order chi connectivity index (χ0) is 13.8. The molecule has 0 saturated carbocycles. The summed E-state index contributed by atoms with van der Waals surface area (Å²) in [7, 11) is 0. The van der Waals surface area contributed by atoms with Crippen molar-refractivity contribution >= 4 is 11.6 Å². The second-order valence-electron chi connectivity index (χ2n) is 5.71. The molecule has 1 heterocycles. The van der Waals surface area contributed by atoms with E-state index in [1.54, 1.807) is 0 Å². The maximum Gasteiger partial charge on any atom is 0.185 e. The largest absolute Gasteiger partial charge is 0.368 e. The zero-order valence-electron chi connectivity index (χ0n) is 10.9. The first-order valence-electron chi connectivity index (χ1n) is 6.40. The molecule has 0 N–H and O–H groups in total. The van der Waals surface area contributed by atoms with E-state index < -0.39 is 0 Å². The Labute approximate surface area is 112 Å². The van der Waals surface area contributed by atoms with E-state index in [0.717, 1.165) is 5.57 Å². The molecule has 0 aromatic heterocycles. The Morgan fingerprint density at radius 1 is 1.37 bits per heavy atom. The van der Waals surface area contributed by atoms with E-state index in [-0.39, 0.29) is 29.0 Å². The van der Waals surface area contributed by atoms with E-state index >= 15 is 0 Å². The molecule has 0 aromatic carbocycles. The van der Waals surface area contributed by atoms with Gasteiger partial charge in [0.15, 0.2) is 11.6 Å². The van der Waals surface area contributed by atoms with Gasteiger partial charge in [-0.15, -0.1) is 6.58 Å². The molecule has 3 heteroatoms. The summed E-state index contributed by atoms with van der Waals surface area (Å²) >= 11 is 0. The summed E-state index contributed by atoms with van der Waals surface area (Å²) in [5, 5.41) is 0. The second-order valence-corrected chi connectivity index (χ2v) is 5.71. The van der Waals surface area contributed by atoms with Gasteiger partial charge in [-0.25, -0.2) is 0 Å². The number of rotatable bonds is 1. The van der Waals surface area contributed by atoms with Crippen LogP contribution in [-0.2, 0) is 14.3 Å². The van der Waals surface area contributed by atoms with Gasteiger partial charge in [0.05, 0.1) is 12.7 Å². The number of carbonyl (C=O) groups excluding carboxylic acids is 2. The number of hydrogen-bond acceptors (Lipinski definition) is 3. The summed E-state index contributed by atoms with van der Waals surface area (Å²) in [4.78, 5) is 24.1. The molecular formula is C16H16O3. The lowest BCUT2D eigenvalue weighted by Gasteiger charge is -2.42. The highest BCUT2D eigenvalue weighted by Crippen LogP contribution is 2.52. The molecule has 0 aromatic rings. The van der Waals surface area contributed by atoms with Crippen LogP contribution in [0.2, 0.25) is 0 Å². The molecule has 3 unspecified atom stereocenters. The van der Waals surface area contributed by atoms with Gasteiger partial charge < -0.3 is 4.74 Å². The quantitative estimate of drug-likeness (QED) is 0.533. The highest BCUT2D eigenvalue weighted by molar-refractivity contribution is 6.21. The fourth-order valence-corrected chi connectivity index (χ4v) is 3.47. The zero-order valence-corrected chi connectivity index (χ0v) is 10.9. The molecule has 0 spiro atoms. The van der Waals surface area contributed by atoms with Gasteiger partial charge >= 0.3 is 0 Å². The number of hydrogen-bond donors (Lipinski definition) is 0. The number of fused-ring (bicyclic) bond motifs is 2. The van der Waals surface area contributed by atoms with Crippen molar-refractivity contribution in [1.82, 2.24) is 0 Å². The third kappa shape index (κ3) is 1.55. The average molecular weight is 256 g/mol. The van der Waals surface area contributed by atoms with Gasteiger partial charge in [-0.1, -0.05) is 19.6 Å². The van der Waals surface area contributed by atoms with Crippen LogP contribution in [0.15, 0.2) is 48.1 Å². The fraction of sp³-hybridized carbons (Fsp3) is 0.375. The van der Waals surface area contributed by atoms with Crippen LogP contribution in [0.5, 0.6) is 0 Å². The summed E-state index contributed by atoms with van der Waals surface area (Å²) in [6, 6.07) is 0. The molecule has 3 atom stereocenters. The lowest BCUT2D eigenvalue weighted by molar-refractivity contribution is -0.117. The molecule has 2 aliphatic carbocycles. The lowest BCUT2D eigenvalue weighted by Crippen LogP contribution is -2.42. The number of carbonyl (C=O) groups is 2. The number of allylic oxidation sites excluding steroid dienone is 4. The average Bonchev–Trinajstić information content (AvgIpc) is 2.77. The SMILES string of the molecule is C=CC1(C)CC2=C(C(=O)C=CC2=O)C2OCC(=C)C21. The van der Waals surface area contributed by atoms with Gasteiger partial charge in [0.2, 0.25) is 0 Å².